The summed E-state index contributed by atoms with van der Waals surface area (Å²) in [6, 6.07) is 0. The van der Waals surface area contributed by atoms with E-state index in [1.54, 1.807) is 11.7 Å². The van der Waals surface area contributed by atoms with Crippen molar-refractivity contribution in [3.8, 4) is 0 Å². The Bertz CT molecular complexity index is 397. The average Bonchev–Trinajstić information content (AvgIpc) is 2.53. The lowest BCUT2D eigenvalue weighted by Gasteiger charge is -2.10. The van der Waals surface area contributed by atoms with Crippen LogP contribution in [-0.4, -0.2) is 22.1 Å². The van der Waals surface area contributed by atoms with E-state index in [1.165, 1.54) is 0 Å². The van der Waals surface area contributed by atoms with Crippen LogP contribution in [0.4, 0.5) is 0 Å². The van der Waals surface area contributed by atoms with Gasteiger partial charge in [0, 0.05) is 25.5 Å². The summed E-state index contributed by atoms with van der Waals surface area (Å²) in [5, 5.41) is 4.74. The first-order valence-electron chi connectivity index (χ1n) is 5.89. The molecule has 2 N–H and O–H groups in total. The van der Waals surface area contributed by atoms with Gasteiger partial charge >= 0.3 is 0 Å². The van der Waals surface area contributed by atoms with Gasteiger partial charge < -0.3 is 5.73 Å². The number of hydrogen-bond donors (Lipinski definition) is 1. The Hall–Kier alpha value is -0.870. The molecule has 0 amide bonds. The summed E-state index contributed by atoms with van der Waals surface area (Å²) in [4.78, 5) is 11.9. The van der Waals surface area contributed by atoms with Gasteiger partial charge in [-0.15, -0.1) is 0 Å². The predicted molar refractivity (Wildman–Crippen MR) is 69.1 cm³/mol. The van der Waals surface area contributed by atoms with Crippen LogP contribution in [0.5, 0.6) is 0 Å². The molecule has 17 heavy (non-hydrogen) atoms. The maximum atomic E-state index is 11.9. The molecule has 5 heteroatoms. The molecule has 0 radical (unpaired) electrons. The fourth-order valence-electron chi connectivity index (χ4n) is 1.86. The highest BCUT2D eigenvalue weighted by atomic mass is 35.5. The minimum atomic E-state index is 0.181. The van der Waals surface area contributed by atoms with Crippen LogP contribution >= 0.6 is 11.6 Å². The number of Topliss-reactive ketones (excluding diaryl/α,β-unsaturated/α-hetero) is 1. The molecule has 1 unspecified atom stereocenters. The summed E-state index contributed by atoms with van der Waals surface area (Å²) < 4.78 is 1.60. The minimum absolute atomic E-state index is 0.181. The van der Waals surface area contributed by atoms with E-state index in [0.29, 0.717) is 24.5 Å². The van der Waals surface area contributed by atoms with Crippen molar-refractivity contribution in [3.05, 3.63) is 16.4 Å². The molecule has 1 atom stereocenters. The molecule has 1 aromatic heterocycles. The Balaban J connectivity index is 2.68. The molecule has 1 heterocycles. The topological polar surface area (TPSA) is 60.9 Å². The lowest BCUT2D eigenvalue weighted by Crippen LogP contribution is -2.18. The zero-order valence-electron chi connectivity index (χ0n) is 10.7. The van der Waals surface area contributed by atoms with E-state index < -0.39 is 0 Å². The summed E-state index contributed by atoms with van der Waals surface area (Å²) in [7, 11) is 1.78. The molecule has 4 nitrogen and oxygen atoms in total. The van der Waals surface area contributed by atoms with Crippen LogP contribution in [0.2, 0.25) is 5.15 Å². The average molecular weight is 258 g/mol. The number of aryl methyl sites for hydroxylation is 2. The van der Waals surface area contributed by atoms with Gasteiger partial charge in [-0.3, -0.25) is 9.48 Å². The minimum Gasteiger partial charge on any atom is -0.330 e. The van der Waals surface area contributed by atoms with Crippen molar-refractivity contribution in [2.75, 3.05) is 6.54 Å². The Morgan fingerprint density at radius 1 is 1.59 bits per heavy atom. The van der Waals surface area contributed by atoms with Gasteiger partial charge in [-0.25, -0.2) is 0 Å². The van der Waals surface area contributed by atoms with Crippen molar-refractivity contribution in [1.82, 2.24) is 9.78 Å². The molecule has 1 rings (SSSR count). The van der Waals surface area contributed by atoms with E-state index in [9.17, 15) is 4.79 Å². The van der Waals surface area contributed by atoms with Crippen molar-refractivity contribution in [3.63, 3.8) is 0 Å². The molecule has 0 aliphatic carbocycles. The molecule has 0 aliphatic rings. The van der Waals surface area contributed by atoms with E-state index in [4.69, 9.17) is 17.3 Å². The number of rotatable bonds is 6. The van der Waals surface area contributed by atoms with Crippen LogP contribution < -0.4 is 5.73 Å². The fraction of sp³-hybridized carbons (Fsp3) is 0.667. The van der Waals surface area contributed by atoms with Crippen molar-refractivity contribution >= 4 is 17.4 Å². The molecular weight excluding hydrogens is 238 g/mol. The fourth-order valence-corrected chi connectivity index (χ4v) is 2.10. The summed E-state index contributed by atoms with van der Waals surface area (Å²) >= 11 is 6.09. The molecule has 0 aromatic carbocycles. The van der Waals surface area contributed by atoms with Crippen molar-refractivity contribution < 1.29 is 4.79 Å². The van der Waals surface area contributed by atoms with Gasteiger partial charge in [-0.2, -0.15) is 5.10 Å². The normalized spacial score (nSPS) is 12.8. The van der Waals surface area contributed by atoms with E-state index in [2.05, 4.69) is 5.10 Å². The van der Waals surface area contributed by atoms with Gasteiger partial charge in [-0.05, 0) is 19.4 Å². The number of carbonyl (C=O) groups is 1. The van der Waals surface area contributed by atoms with Gasteiger partial charge in [0.15, 0.2) is 0 Å². The molecule has 0 bridgehead atoms. The maximum absolute atomic E-state index is 11.9. The summed E-state index contributed by atoms with van der Waals surface area (Å²) in [6.07, 6.45) is 1.81. The van der Waals surface area contributed by atoms with E-state index >= 15 is 0 Å². The van der Waals surface area contributed by atoms with Gasteiger partial charge in [0.25, 0.3) is 0 Å². The quantitative estimate of drug-likeness (QED) is 0.846. The highest BCUT2D eigenvalue weighted by Crippen LogP contribution is 2.20. The molecule has 0 spiro atoms. The van der Waals surface area contributed by atoms with Crippen LogP contribution in [-0.2, 0) is 18.3 Å². The van der Waals surface area contributed by atoms with Crippen molar-refractivity contribution in [1.29, 1.82) is 0 Å². The van der Waals surface area contributed by atoms with E-state index in [-0.39, 0.29) is 11.7 Å². The highest BCUT2D eigenvalue weighted by Gasteiger charge is 2.17. The van der Waals surface area contributed by atoms with Gasteiger partial charge in [-0.1, -0.05) is 24.9 Å². The van der Waals surface area contributed by atoms with E-state index in [1.807, 2.05) is 13.8 Å². The Kier molecular flexibility index (Phi) is 5.15. The zero-order chi connectivity index (χ0) is 13.0. The standard InChI is InChI=1S/C12H20ClN3O/c1-4-9(7-14)5-10(17)6-11-8(2)15-16(3)12(11)13/h9H,4-7,14H2,1-3H3. The number of nitrogens with zero attached hydrogens (tertiary/aromatic N) is 2. The highest BCUT2D eigenvalue weighted by molar-refractivity contribution is 6.30. The second kappa shape index (κ2) is 6.17. The first kappa shape index (κ1) is 14.2. The first-order chi connectivity index (χ1) is 7.99. The summed E-state index contributed by atoms with van der Waals surface area (Å²) in [6.45, 7) is 4.48. The summed E-state index contributed by atoms with van der Waals surface area (Å²) in [5.41, 5.74) is 7.26. The van der Waals surface area contributed by atoms with Gasteiger partial charge in [0.05, 0.1) is 5.69 Å². The number of aromatic nitrogens is 2. The smallest absolute Gasteiger partial charge is 0.137 e. The number of nitrogens with two attached hydrogens (primary N) is 1. The molecule has 0 aliphatic heterocycles. The third-order valence-electron chi connectivity index (χ3n) is 3.07. The number of ketones is 1. The number of hydrogen-bond acceptors (Lipinski definition) is 3. The van der Waals surface area contributed by atoms with Crippen LogP contribution in [0.15, 0.2) is 0 Å². The number of halogens is 1. The van der Waals surface area contributed by atoms with Crippen LogP contribution in [0.3, 0.4) is 0 Å². The second-order valence-corrected chi connectivity index (χ2v) is 4.77. The molecule has 0 fully saturated rings. The summed E-state index contributed by atoms with van der Waals surface area (Å²) in [5.74, 6) is 0.457. The largest absolute Gasteiger partial charge is 0.330 e. The van der Waals surface area contributed by atoms with Crippen molar-refractivity contribution in [2.45, 2.75) is 33.1 Å². The third-order valence-corrected chi connectivity index (χ3v) is 3.54. The van der Waals surface area contributed by atoms with Crippen molar-refractivity contribution in [2.24, 2.45) is 18.7 Å². The van der Waals surface area contributed by atoms with Crippen LogP contribution in [0.1, 0.15) is 31.0 Å². The van der Waals surface area contributed by atoms with E-state index in [0.717, 1.165) is 17.7 Å². The van der Waals surface area contributed by atoms with Gasteiger partial charge in [0.1, 0.15) is 10.9 Å². The Morgan fingerprint density at radius 3 is 2.65 bits per heavy atom. The Labute approximate surface area is 107 Å². The number of carbonyl (C=O) groups excluding carboxylic acids is 1. The van der Waals surface area contributed by atoms with Gasteiger partial charge in [0.2, 0.25) is 0 Å². The predicted octanol–water partition coefficient (Wildman–Crippen LogP) is 1.87. The lowest BCUT2D eigenvalue weighted by atomic mass is 9.97. The lowest BCUT2D eigenvalue weighted by molar-refractivity contribution is -0.119. The molecule has 0 saturated heterocycles. The maximum Gasteiger partial charge on any atom is 0.137 e. The second-order valence-electron chi connectivity index (χ2n) is 4.41. The molecule has 96 valence electrons. The molecular formula is C12H20ClN3O. The zero-order valence-corrected chi connectivity index (χ0v) is 11.4. The SMILES string of the molecule is CCC(CN)CC(=O)Cc1c(C)nn(C)c1Cl. The monoisotopic (exact) mass is 257 g/mol. The van der Waals surface area contributed by atoms with Crippen LogP contribution in [0.25, 0.3) is 0 Å². The molecule has 0 saturated carbocycles. The Morgan fingerprint density at radius 2 is 2.24 bits per heavy atom. The molecule has 1 aromatic rings. The van der Waals surface area contributed by atoms with Crippen LogP contribution in [0, 0.1) is 12.8 Å². The third kappa shape index (κ3) is 3.54. The first-order valence-corrected chi connectivity index (χ1v) is 6.27.